The van der Waals surface area contributed by atoms with Gasteiger partial charge in [0.05, 0.1) is 18.5 Å². The predicted molar refractivity (Wildman–Crippen MR) is 84.6 cm³/mol. The van der Waals surface area contributed by atoms with Crippen molar-refractivity contribution in [3.63, 3.8) is 0 Å². The molecule has 2 rings (SSSR count). The van der Waals surface area contributed by atoms with E-state index in [1.54, 1.807) is 7.11 Å². The lowest BCUT2D eigenvalue weighted by molar-refractivity contribution is 0.414. The van der Waals surface area contributed by atoms with Crippen molar-refractivity contribution < 1.29 is 4.74 Å². The average molecular weight is 285 g/mol. The highest BCUT2D eigenvalue weighted by Gasteiger charge is 2.15. The number of hydrogen-bond donors (Lipinski definition) is 1. The summed E-state index contributed by atoms with van der Waals surface area (Å²) in [4.78, 5) is 0. The van der Waals surface area contributed by atoms with E-state index in [1.165, 1.54) is 11.1 Å². The second-order valence-corrected chi connectivity index (χ2v) is 5.19. The Kier molecular flexibility index (Phi) is 5.28. The third-order valence-electron chi connectivity index (χ3n) is 3.54. The van der Waals surface area contributed by atoms with Gasteiger partial charge in [-0.15, -0.1) is 0 Å². The van der Waals surface area contributed by atoms with Crippen molar-refractivity contribution in [1.82, 2.24) is 15.5 Å². The highest BCUT2D eigenvalue weighted by molar-refractivity contribution is 5.31. The van der Waals surface area contributed by atoms with Gasteiger partial charge < -0.3 is 10.1 Å². The molecule has 4 heteroatoms. The van der Waals surface area contributed by atoms with Gasteiger partial charge in [0.1, 0.15) is 5.75 Å². The maximum Gasteiger partial charge on any atom is 0.119 e. The molecule has 0 amide bonds. The lowest BCUT2D eigenvalue weighted by atomic mass is 9.97. The molecule has 0 aliphatic heterocycles. The van der Waals surface area contributed by atoms with Gasteiger partial charge in [0.2, 0.25) is 0 Å². The van der Waals surface area contributed by atoms with Crippen molar-refractivity contribution in [1.29, 1.82) is 0 Å². The normalized spacial score (nSPS) is 12.2. The van der Waals surface area contributed by atoms with E-state index < -0.39 is 0 Å². The molecule has 0 saturated heterocycles. The fraction of sp³-hybridized carbons (Fsp3) is 0.412. The van der Waals surface area contributed by atoms with E-state index in [-0.39, 0.29) is 6.04 Å². The molecule has 0 spiro atoms. The number of hydrogen-bond acceptors (Lipinski definition) is 4. The first-order valence-electron chi connectivity index (χ1n) is 7.31. The summed E-state index contributed by atoms with van der Waals surface area (Å²) >= 11 is 0. The minimum atomic E-state index is 0.233. The standard InChI is InChI=1S/C17H23N3O/c1-5-18-17(16-9-12(2)19-20-13(16)3)11-14-7-6-8-15(10-14)21-4/h6-10,17-18H,5,11H2,1-4H3. The number of methoxy groups -OCH3 is 1. The fourth-order valence-electron chi connectivity index (χ4n) is 2.50. The SMILES string of the molecule is CCNC(Cc1cccc(OC)c1)c1cc(C)nnc1C. The Bertz CT molecular complexity index is 598. The maximum atomic E-state index is 5.30. The van der Waals surface area contributed by atoms with Crippen molar-refractivity contribution in [2.75, 3.05) is 13.7 Å². The number of nitrogens with one attached hydrogen (secondary N) is 1. The number of benzene rings is 1. The van der Waals surface area contributed by atoms with Gasteiger partial charge in [0.15, 0.2) is 0 Å². The summed E-state index contributed by atoms with van der Waals surface area (Å²) in [5, 5.41) is 11.9. The Morgan fingerprint density at radius 3 is 2.71 bits per heavy atom. The topological polar surface area (TPSA) is 47.0 Å². The smallest absolute Gasteiger partial charge is 0.119 e. The van der Waals surface area contributed by atoms with Crippen LogP contribution in [0, 0.1) is 13.8 Å². The van der Waals surface area contributed by atoms with E-state index in [9.17, 15) is 0 Å². The minimum absolute atomic E-state index is 0.233. The third-order valence-corrected chi connectivity index (χ3v) is 3.54. The first-order valence-corrected chi connectivity index (χ1v) is 7.31. The number of aryl methyl sites for hydroxylation is 2. The van der Waals surface area contributed by atoms with Gasteiger partial charge in [-0.1, -0.05) is 19.1 Å². The van der Waals surface area contributed by atoms with E-state index >= 15 is 0 Å². The number of nitrogens with zero attached hydrogens (tertiary/aromatic N) is 2. The van der Waals surface area contributed by atoms with Crippen LogP contribution in [-0.2, 0) is 6.42 Å². The Hall–Kier alpha value is -1.94. The molecule has 1 aromatic heterocycles. The molecule has 1 aromatic carbocycles. The second kappa shape index (κ2) is 7.18. The Morgan fingerprint density at radius 1 is 1.19 bits per heavy atom. The van der Waals surface area contributed by atoms with E-state index in [2.05, 4.69) is 40.6 Å². The monoisotopic (exact) mass is 285 g/mol. The lowest BCUT2D eigenvalue weighted by Crippen LogP contribution is -2.24. The van der Waals surface area contributed by atoms with E-state index in [0.717, 1.165) is 30.1 Å². The van der Waals surface area contributed by atoms with Crippen molar-refractivity contribution in [3.8, 4) is 5.75 Å². The summed E-state index contributed by atoms with van der Waals surface area (Å²) in [5.74, 6) is 0.892. The largest absolute Gasteiger partial charge is 0.497 e. The molecule has 112 valence electrons. The van der Waals surface area contributed by atoms with Gasteiger partial charge in [-0.3, -0.25) is 0 Å². The van der Waals surface area contributed by atoms with Gasteiger partial charge in [-0.2, -0.15) is 10.2 Å². The third kappa shape index (κ3) is 4.02. The zero-order valence-electron chi connectivity index (χ0n) is 13.2. The van der Waals surface area contributed by atoms with Crippen LogP contribution in [0.2, 0.25) is 0 Å². The molecule has 1 unspecified atom stereocenters. The minimum Gasteiger partial charge on any atom is -0.497 e. The van der Waals surface area contributed by atoms with E-state index in [1.807, 2.05) is 26.0 Å². The molecule has 0 bridgehead atoms. The van der Waals surface area contributed by atoms with Crippen LogP contribution in [0.4, 0.5) is 0 Å². The Morgan fingerprint density at radius 2 is 2.00 bits per heavy atom. The number of likely N-dealkylation sites (N-methyl/N-ethyl adjacent to an activating group) is 1. The fourth-order valence-corrected chi connectivity index (χ4v) is 2.50. The predicted octanol–water partition coefficient (Wildman–Crippen LogP) is 3.00. The van der Waals surface area contributed by atoms with Crippen LogP contribution in [-0.4, -0.2) is 23.9 Å². The molecule has 4 nitrogen and oxygen atoms in total. The Labute approximate surface area is 126 Å². The summed E-state index contributed by atoms with van der Waals surface area (Å²) in [6, 6.07) is 10.6. The molecule has 0 saturated carbocycles. The molecular formula is C17H23N3O. The summed E-state index contributed by atoms with van der Waals surface area (Å²) in [6.07, 6.45) is 0.900. The van der Waals surface area contributed by atoms with Gasteiger partial charge in [-0.25, -0.2) is 0 Å². The van der Waals surface area contributed by atoms with Crippen LogP contribution in [0.1, 0.15) is 35.5 Å². The molecule has 1 atom stereocenters. The Balaban J connectivity index is 2.28. The molecule has 21 heavy (non-hydrogen) atoms. The number of aromatic nitrogens is 2. The second-order valence-electron chi connectivity index (χ2n) is 5.19. The van der Waals surface area contributed by atoms with Gasteiger partial charge in [-0.05, 0) is 56.1 Å². The molecule has 0 aliphatic carbocycles. The zero-order chi connectivity index (χ0) is 15.2. The summed E-state index contributed by atoms with van der Waals surface area (Å²) in [6.45, 7) is 7.02. The first kappa shape index (κ1) is 15.4. The highest BCUT2D eigenvalue weighted by atomic mass is 16.5. The van der Waals surface area contributed by atoms with Crippen LogP contribution in [0.5, 0.6) is 5.75 Å². The van der Waals surface area contributed by atoms with Gasteiger partial charge in [0.25, 0.3) is 0 Å². The van der Waals surface area contributed by atoms with Crippen LogP contribution in [0.3, 0.4) is 0 Å². The van der Waals surface area contributed by atoms with Crippen LogP contribution in [0.15, 0.2) is 30.3 Å². The molecule has 1 N–H and O–H groups in total. The van der Waals surface area contributed by atoms with Crippen LogP contribution >= 0.6 is 0 Å². The molecular weight excluding hydrogens is 262 g/mol. The summed E-state index contributed by atoms with van der Waals surface area (Å²) < 4.78 is 5.30. The number of rotatable bonds is 6. The summed E-state index contributed by atoms with van der Waals surface area (Å²) in [5.41, 5.74) is 4.39. The molecule has 2 aromatic rings. The summed E-state index contributed by atoms with van der Waals surface area (Å²) in [7, 11) is 1.70. The van der Waals surface area contributed by atoms with Crippen molar-refractivity contribution in [3.05, 3.63) is 52.8 Å². The lowest BCUT2D eigenvalue weighted by Gasteiger charge is -2.20. The van der Waals surface area contributed by atoms with E-state index in [0.29, 0.717) is 0 Å². The highest BCUT2D eigenvalue weighted by Crippen LogP contribution is 2.23. The van der Waals surface area contributed by atoms with Crippen molar-refractivity contribution in [2.24, 2.45) is 0 Å². The van der Waals surface area contributed by atoms with Crippen LogP contribution in [0.25, 0.3) is 0 Å². The molecule has 0 fully saturated rings. The number of ether oxygens (including phenoxy) is 1. The zero-order valence-corrected chi connectivity index (χ0v) is 13.2. The maximum absolute atomic E-state index is 5.30. The average Bonchev–Trinajstić information content (AvgIpc) is 2.49. The quantitative estimate of drug-likeness (QED) is 0.886. The van der Waals surface area contributed by atoms with Gasteiger partial charge >= 0.3 is 0 Å². The van der Waals surface area contributed by atoms with Crippen LogP contribution < -0.4 is 10.1 Å². The molecule has 0 radical (unpaired) electrons. The van der Waals surface area contributed by atoms with E-state index in [4.69, 9.17) is 4.74 Å². The molecule has 1 heterocycles. The van der Waals surface area contributed by atoms with Gasteiger partial charge in [0, 0.05) is 6.04 Å². The first-order chi connectivity index (χ1) is 10.1. The van der Waals surface area contributed by atoms with Crippen molar-refractivity contribution >= 4 is 0 Å². The van der Waals surface area contributed by atoms with Crippen molar-refractivity contribution in [2.45, 2.75) is 33.2 Å². The molecule has 0 aliphatic rings.